The number of aliphatic imine (C=N–C) groups is 1. The Morgan fingerprint density at radius 3 is 2.74 bits per heavy atom. The van der Waals surface area contributed by atoms with Gasteiger partial charge in [0.25, 0.3) is 0 Å². The van der Waals surface area contributed by atoms with Crippen LogP contribution in [-0.2, 0) is 9.59 Å². The van der Waals surface area contributed by atoms with Gasteiger partial charge in [0.05, 0.1) is 13.5 Å². The zero-order valence-corrected chi connectivity index (χ0v) is 11.1. The quantitative estimate of drug-likeness (QED) is 0.860. The molecule has 0 saturated heterocycles. The van der Waals surface area contributed by atoms with E-state index in [2.05, 4.69) is 10.3 Å². The van der Waals surface area contributed by atoms with Gasteiger partial charge in [-0.15, -0.1) is 0 Å². The molecule has 0 saturated carbocycles. The van der Waals surface area contributed by atoms with E-state index in [-0.39, 0.29) is 23.4 Å². The van der Waals surface area contributed by atoms with E-state index in [0.717, 1.165) is 11.8 Å². The third-order valence-corrected chi connectivity index (χ3v) is 3.51. The third kappa shape index (κ3) is 3.47. The fourth-order valence-corrected chi connectivity index (χ4v) is 2.42. The van der Waals surface area contributed by atoms with Crippen LogP contribution >= 0.6 is 11.8 Å². The summed E-state index contributed by atoms with van der Waals surface area (Å²) in [5.41, 5.74) is 6.12. The van der Waals surface area contributed by atoms with Crippen LogP contribution in [0, 0.1) is 0 Å². The summed E-state index contributed by atoms with van der Waals surface area (Å²) < 4.78 is 5.02. The molecular formula is C12H13N3O3S. The molecule has 2 amide bonds. The SMILES string of the molecule is COc1ccc(NC(=O)[C@H]2CC(=O)N=C(N)S2)cc1. The van der Waals surface area contributed by atoms with Crippen LogP contribution in [0.1, 0.15) is 6.42 Å². The van der Waals surface area contributed by atoms with E-state index in [1.165, 1.54) is 0 Å². The molecule has 1 aliphatic heterocycles. The Balaban J connectivity index is 2.00. The van der Waals surface area contributed by atoms with Gasteiger partial charge >= 0.3 is 0 Å². The zero-order chi connectivity index (χ0) is 13.8. The smallest absolute Gasteiger partial charge is 0.249 e. The Labute approximate surface area is 114 Å². The molecule has 1 atom stereocenters. The van der Waals surface area contributed by atoms with Gasteiger partial charge in [-0.1, -0.05) is 11.8 Å². The number of benzene rings is 1. The normalized spacial score (nSPS) is 18.7. The number of ether oxygens (including phenoxy) is 1. The average Bonchev–Trinajstić information content (AvgIpc) is 2.38. The molecule has 1 aromatic carbocycles. The predicted octanol–water partition coefficient (Wildman–Crippen LogP) is 0.980. The molecule has 100 valence electrons. The minimum absolute atomic E-state index is 0.0629. The van der Waals surface area contributed by atoms with E-state index in [4.69, 9.17) is 10.5 Å². The lowest BCUT2D eigenvalue weighted by molar-refractivity contribution is -0.121. The fourth-order valence-electron chi connectivity index (χ4n) is 1.58. The molecule has 0 aromatic heterocycles. The number of amidine groups is 1. The monoisotopic (exact) mass is 279 g/mol. The van der Waals surface area contributed by atoms with Crippen molar-refractivity contribution >= 4 is 34.4 Å². The summed E-state index contributed by atoms with van der Waals surface area (Å²) in [4.78, 5) is 26.8. The van der Waals surface area contributed by atoms with Gasteiger partial charge in [-0.2, -0.15) is 4.99 Å². The first-order valence-electron chi connectivity index (χ1n) is 5.57. The van der Waals surface area contributed by atoms with Crippen LogP contribution in [0.2, 0.25) is 0 Å². The Bertz CT molecular complexity index is 528. The molecule has 19 heavy (non-hydrogen) atoms. The Morgan fingerprint density at radius 2 is 2.16 bits per heavy atom. The van der Waals surface area contributed by atoms with Crippen LogP contribution in [-0.4, -0.2) is 29.3 Å². The molecule has 0 bridgehead atoms. The molecule has 2 rings (SSSR count). The van der Waals surface area contributed by atoms with Gasteiger partial charge < -0.3 is 15.8 Å². The van der Waals surface area contributed by atoms with E-state index in [1.54, 1.807) is 31.4 Å². The van der Waals surface area contributed by atoms with Gasteiger partial charge in [0.2, 0.25) is 11.8 Å². The molecule has 6 nitrogen and oxygen atoms in total. The zero-order valence-electron chi connectivity index (χ0n) is 10.3. The van der Waals surface area contributed by atoms with E-state index >= 15 is 0 Å². The highest BCUT2D eigenvalue weighted by Gasteiger charge is 2.27. The van der Waals surface area contributed by atoms with Gasteiger partial charge in [-0.05, 0) is 24.3 Å². The number of nitrogens with zero attached hydrogens (tertiary/aromatic N) is 1. The van der Waals surface area contributed by atoms with Crippen LogP contribution in [0.3, 0.4) is 0 Å². The number of amides is 2. The number of thioether (sulfide) groups is 1. The number of hydrogen-bond donors (Lipinski definition) is 2. The van der Waals surface area contributed by atoms with E-state index < -0.39 is 5.25 Å². The Morgan fingerprint density at radius 1 is 1.47 bits per heavy atom. The molecule has 1 heterocycles. The van der Waals surface area contributed by atoms with Crippen molar-refractivity contribution in [1.82, 2.24) is 0 Å². The number of carbonyl (C=O) groups excluding carboxylic acids is 2. The molecule has 0 radical (unpaired) electrons. The highest BCUT2D eigenvalue weighted by atomic mass is 32.2. The van der Waals surface area contributed by atoms with Crippen molar-refractivity contribution in [2.45, 2.75) is 11.7 Å². The number of nitrogens with one attached hydrogen (secondary N) is 1. The number of hydrogen-bond acceptors (Lipinski definition) is 5. The number of carbonyl (C=O) groups is 2. The lowest BCUT2D eigenvalue weighted by Crippen LogP contribution is -2.33. The van der Waals surface area contributed by atoms with Crippen molar-refractivity contribution in [2.24, 2.45) is 10.7 Å². The predicted molar refractivity (Wildman–Crippen MR) is 74.2 cm³/mol. The van der Waals surface area contributed by atoms with Crippen molar-refractivity contribution in [3.8, 4) is 5.75 Å². The van der Waals surface area contributed by atoms with Crippen LogP contribution < -0.4 is 15.8 Å². The second kappa shape index (κ2) is 5.75. The summed E-state index contributed by atoms with van der Waals surface area (Å²) in [6.07, 6.45) is 0.0629. The summed E-state index contributed by atoms with van der Waals surface area (Å²) in [7, 11) is 1.57. The van der Waals surface area contributed by atoms with Crippen LogP contribution in [0.25, 0.3) is 0 Å². The summed E-state index contributed by atoms with van der Waals surface area (Å²) >= 11 is 1.10. The van der Waals surface area contributed by atoms with Crippen LogP contribution in [0.5, 0.6) is 5.75 Å². The average molecular weight is 279 g/mol. The van der Waals surface area contributed by atoms with Crippen molar-refractivity contribution in [1.29, 1.82) is 0 Å². The maximum absolute atomic E-state index is 12.0. The van der Waals surface area contributed by atoms with Gasteiger partial charge in [-0.3, -0.25) is 9.59 Å². The minimum Gasteiger partial charge on any atom is -0.497 e. The lowest BCUT2D eigenvalue weighted by Gasteiger charge is -2.17. The number of rotatable bonds is 3. The molecule has 0 aliphatic carbocycles. The lowest BCUT2D eigenvalue weighted by atomic mass is 10.2. The van der Waals surface area contributed by atoms with Crippen molar-refractivity contribution < 1.29 is 14.3 Å². The first kappa shape index (κ1) is 13.4. The molecule has 0 fully saturated rings. The first-order chi connectivity index (χ1) is 9.08. The summed E-state index contributed by atoms with van der Waals surface area (Å²) in [6.45, 7) is 0. The van der Waals surface area contributed by atoms with Crippen LogP contribution in [0.4, 0.5) is 5.69 Å². The van der Waals surface area contributed by atoms with Gasteiger partial charge in [-0.25, -0.2) is 0 Å². The second-order valence-corrected chi connectivity index (χ2v) is 5.10. The molecule has 0 spiro atoms. The second-order valence-electron chi connectivity index (χ2n) is 3.87. The largest absolute Gasteiger partial charge is 0.497 e. The summed E-state index contributed by atoms with van der Waals surface area (Å²) in [5, 5.41) is 2.32. The first-order valence-corrected chi connectivity index (χ1v) is 6.45. The number of methoxy groups -OCH3 is 1. The van der Waals surface area contributed by atoms with Crippen molar-refractivity contribution in [3.05, 3.63) is 24.3 Å². The topological polar surface area (TPSA) is 93.8 Å². The molecule has 3 N–H and O–H groups in total. The third-order valence-electron chi connectivity index (χ3n) is 2.51. The molecule has 1 aromatic rings. The number of nitrogens with two attached hydrogens (primary N) is 1. The maximum Gasteiger partial charge on any atom is 0.249 e. The summed E-state index contributed by atoms with van der Waals surface area (Å²) in [5.74, 6) is 0.0732. The molecule has 1 aliphatic rings. The molecule has 0 unspecified atom stereocenters. The van der Waals surface area contributed by atoms with Crippen molar-refractivity contribution in [2.75, 3.05) is 12.4 Å². The van der Waals surface area contributed by atoms with Gasteiger partial charge in [0.15, 0.2) is 5.17 Å². The van der Waals surface area contributed by atoms with Gasteiger partial charge in [0, 0.05) is 5.69 Å². The van der Waals surface area contributed by atoms with E-state index in [0.29, 0.717) is 11.4 Å². The number of anilines is 1. The Kier molecular flexibility index (Phi) is 4.06. The molecular weight excluding hydrogens is 266 g/mol. The van der Waals surface area contributed by atoms with Gasteiger partial charge in [0.1, 0.15) is 11.0 Å². The Hall–Kier alpha value is -2.02. The highest BCUT2D eigenvalue weighted by Crippen LogP contribution is 2.23. The minimum atomic E-state index is -0.535. The van der Waals surface area contributed by atoms with E-state index in [9.17, 15) is 9.59 Å². The van der Waals surface area contributed by atoms with E-state index in [1.807, 2.05) is 0 Å². The highest BCUT2D eigenvalue weighted by molar-refractivity contribution is 8.15. The van der Waals surface area contributed by atoms with Crippen molar-refractivity contribution in [3.63, 3.8) is 0 Å². The fraction of sp³-hybridized carbons (Fsp3) is 0.250. The maximum atomic E-state index is 12.0. The van der Waals surface area contributed by atoms with Crippen LogP contribution in [0.15, 0.2) is 29.3 Å². The summed E-state index contributed by atoms with van der Waals surface area (Å²) in [6, 6.07) is 6.93. The standard InChI is InChI=1S/C12H13N3O3S/c1-18-8-4-2-7(3-5-8)14-11(17)9-6-10(16)15-12(13)19-9/h2-5,9H,6H2,1H3,(H,14,17)(H2,13,15,16)/t9-/m1/s1. The molecule has 7 heteroatoms.